The number of hydrogen-bond donors (Lipinski definition) is 2. The molecular weight excluding hydrogens is 341 g/mol. The van der Waals surface area contributed by atoms with Gasteiger partial charge in [0.1, 0.15) is 11.9 Å². The maximum atomic E-state index is 13.5. The zero-order chi connectivity index (χ0) is 16.0. The van der Waals surface area contributed by atoms with E-state index in [1.807, 2.05) is 6.92 Å². The van der Waals surface area contributed by atoms with Crippen molar-refractivity contribution in [1.29, 1.82) is 0 Å². The Hall–Kier alpha value is -1.69. The van der Waals surface area contributed by atoms with E-state index in [0.717, 1.165) is 6.08 Å². The van der Waals surface area contributed by atoms with Gasteiger partial charge in [0.05, 0.1) is 0 Å². The normalized spacial score (nSPS) is 13.9. The van der Waals surface area contributed by atoms with Crippen molar-refractivity contribution < 1.29 is 19.1 Å². The molecule has 0 aliphatic carbocycles. The first-order chi connectivity index (χ1) is 9.85. The van der Waals surface area contributed by atoms with Gasteiger partial charge in [0.15, 0.2) is 0 Å². The van der Waals surface area contributed by atoms with E-state index in [9.17, 15) is 14.0 Å². The Labute approximate surface area is 131 Å². The maximum Gasteiger partial charge on any atom is 0.326 e. The van der Waals surface area contributed by atoms with Crippen LogP contribution in [0.2, 0.25) is 0 Å². The van der Waals surface area contributed by atoms with Gasteiger partial charge in [-0.2, -0.15) is 0 Å². The molecule has 1 rings (SSSR count). The number of aliphatic carboxylic acids is 1. The number of carboxylic acid groups (broad SMARTS) is 1. The Morgan fingerprint density at radius 2 is 2.14 bits per heavy atom. The van der Waals surface area contributed by atoms with Crippen molar-refractivity contribution in [1.82, 2.24) is 5.32 Å². The summed E-state index contributed by atoms with van der Waals surface area (Å²) < 4.78 is 14.2. The van der Waals surface area contributed by atoms with Crippen LogP contribution < -0.4 is 5.32 Å². The predicted molar refractivity (Wildman–Crippen MR) is 82.2 cm³/mol. The molecule has 2 N–H and O–H groups in total. The Kier molecular flexibility index (Phi) is 6.55. The van der Waals surface area contributed by atoms with Gasteiger partial charge in [-0.1, -0.05) is 36.2 Å². The van der Waals surface area contributed by atoms with Crippen LogP contribution in [-0.2, 0) is 9.59 Å². The van der Waals surface area contributed by atoms with E-state index in [0.29, 0.717) is 10.9 Å². The third-order valence-corrected chi connectivity index (χ3v) is 3.64. The average Bonchev–Trinajstić information content (AvgIpc) is 2.44. The van der Waals surface area contributed by atoms with E-state index in [2.05, 4.69) is 21.2 Å². The summed E-state index contributed by atoms with van der Waals surface area (Å²) in [6.07, 6.45) is 3.06. The lowest BCUT2D eigenvalue weighted by Crippen LogP contribution is -2.44. The van der Waals surface area contributed by atoms with Crippen molar-refractivity contribution in [3.05, 3.63) is 40.1 Å². The first-order valence-corrected chi connectivity index (χ1v) is 7.30. The third kappa shape index (κ3) is 5.30. The van der Waals surface area contributed by atoms with Crippen LogP contribution in [0, 0.1) is 11.7 Å². The van der Waals surface area contributed by atoms with Crippen LogP contribution >= 0.6 is 15.9 Å². The van der Waals surface area contributed by atoms with Gasteiger partial charge in [0.2, 0.25) is 5.91 Å². The number of amides is 1. The molecule has 0 heterocycles. The fraction of sp³-hybridized carbons (Fsp3) is 0.333. The standard InChI is InChI=1S/C15H17BrFNO3/c1-3-9(2)14(15(20)21)18-13(19)7-4-10-8-11(16)5-6-12(10)17/h4-9,14H,3H2,1-2H3,(H,18,19)(H,20,21)/b7-4+/t9-,14-/m0/s1. The quantitative estimate of drug-likeness (QED) is 0.768. The van der Waals surface area contributed by atoms with Gasteiger partial charge in [0.25, 0.3) is 0 Å². The molecule has 4 nitrogen and oxygen atoms in total. The Morgan fingerprint density at radius 1 is 1.48 bits per heavy atom. The molecule has 2 atom stereocenters. The number of hydrogen-bond acceptors (Lipinski definition) is 2. The molecule has 0 aliphatic heterocycles. The lowest BCUT2D eigenvalue weighted by Gasteiger charge is -2.19. The molecule has 0 spiro atoms. The van der Waals surface area contributed by atoms with E-state index >= 15 is 0 Å². The second kappa shape index (κ2) is 7.93. The van der Waals surface area contributed by atoms with Crippen LogP contribution in [0.1, 0.15) is 25.8 Å². The minimum absolute atomic E-state index is 0.192. The Balaban J connectivity index is 2.78. The van der Waals surface area contributed by atoms with Crippen molar-refractivity contribution >= 4 is 33.9 Å². The predicted octanol–water partition coefficient (Wildman–Crippen LogP) is 3.22. The lowest BCUT2D eigenvalue weighted by atomic mass is 9.99. The van der Waals surface area contributed by atoms with Gasteiger partial charge < -0.3 is 10.4 Å². The molecule has 114 valence electrons. The minimum Gasteiger partial charge on any atom is -0.480 e. The van der Waals surface area contributed by atoms with Crippen molar-refractivity contribution in [2.75, 3.05) is 0 Å². The SMILES string of the molecule is CC[C@H](C)[C@H](NC(=O)/C=C/c1cc(Br)ccc1F)C(=O)O. The highest BCUT2D eigenvalue weighted by molar-refractivity contribution is 9.10. The highest BCUT2D eigenvalue weighted by Crippen LogP contribution is 2.16. The van der Waals surface area contributed by atoms with Crippen molar-refractivity contribution in [3.63, 3.8) is 0 Å². The Bertz CT molecular complexity index is 560. The van der Waals surface area contributed by atoms with Crippen molar-refractivity contribution in [2.24, 2.45) is 5.92 Å². The highest BCUT2D eigenvalue weighted by Gasteiger charge is 2.24. The molecule has 0 saturated heterocycles. The van der Waals surface area contributed by atoms with Crippen LogP contribution in [0.15, 0.2) is 28.7 Å². The van der Waals surface area contributed by atoms with Crippen LogP contribution in [0.25, 0.3) is 6.08 Å². The molecule has 0 unspecified atom stereocenters. The van der Waals surface area contributed by atoms with Crippen molar-refractivity contribution in [2.45, 2.75) is 26.3 Å². The number of carbonyl (C=O) groups excluding carboxylic acids is 1. The Morgan fingerprint density at radius 3 is 2.71 bits per heavy atom. The van der Waals surface area contributed by atoms with E-state index in [1.165, 1.54) is 18.2 Å². The summed E-state index contributed by atoms with van der Waals surface area (Å²) in [6, 6.07) is 3.40. The van der Waals surface area contributed by atoms with Gasteiger partial charge >= 0.3 is 5.97 Å². The van der Waals surface area contributed by atoms with Crippen LogP contribution in [0.3, 0.4) is 0 Å². The summed E-state index contributed by atoms with van der Waals surface area (Å²) in [6.45, 7) is 3.59. The van der Waals surface area contributed by atoms with E-state index in [-0.39, 0.29) is 11.5 Å². The summed E-state index contributed by atoms with van der Waals surface area (Å²) in [4.78, 5) is 22.9. The fourth-order valence-corrected chi connectivity index (χ4v) is 2.07. The summed E-state index contributed by atoms with van der Waals surface area (Å²) >= 11 is 3.21. The first-order valence-electron chi connectivity index (χ1n) is 6.51. The molecule has 21 heavy (non-hydrogen) atoms. The zero-order valence-corrected chi connectivity index (χ0v) is 13.4. The van der Waals surface area contributed by atoms with Gasteiger partial charge in [-0.25, -0.2) is 9.18 Å². The molecule has 0 saturated carbocycles. The van der Waals surface area contributed by atoms with Gasteiger partial charge in [0, 0.05) is 16.1 Å². The molecule has 0 aliphatic rings. The summed E-state index contributed by atoms with van der Waals surface area (Å²) in [7, 11) is 0. The van der Waals surface area contributed by atoms with Crippen molar-refractivity contribution in [3.8, 4) is 0 Å². The maximum absolute atomic E-state index is 13.5. The van der Waals surface area contributed by atoms with Crippen LogP contribution in [-0.4, -0.2) is 23.0 Å². The van der Waals surface area contributed by atoms with E-state index in [4.69, 9.17) is 5.11 Å². The zero-order valence-electron chi connectivity index (χ0n) is 11.8. The average molecular weight is 358 g/mol. The molecule has 1 aromatic rings. The number of halogens is 2. The molecule has 0 aromatic heterocycles. The second-order valence-corrected chi connectivity index (χ2v) is 5.62. The summed E-state index contributed by atoms with van der Waals surface area (Å²) in [5.41, 5.74) is 0.245. The highest BCUT2D eigenvalue weighted by atomic mass is 79.9. The molecular formula is C15H17BrFNO3. The smallest absolute Gasteiger partial charge is 0.326 e. The first kappa shape index (κ1) is 17.4. The fourth-order valence-electron chi connectivity index (χ4n) is 1.69. The summed E-state index contributed by atoms with van der Waals surface area (Å²) in [5, 5.41) is 11.5. The molecule has 1 aromatic carbocycles. The largest absolute Gasteiger partial charge is 0.480 e. The number of rotatable bonds is 6. The molecule has 6 heteroatoms. The number of carbonyl (C=O) groups is 2. The molecule has 0 bridgehead atoms. The monoisotopic (exact) mass is 357 g/mol. The third-order valence-electron chi connectivity index (χ3n) is 3.15. The lowest BCUT2D eigenvalue weighted by molar-refractivity contribution is -0.142. The number of carboxylic acids is 1. The number of benzene rings is 1. The minimum atomic E-state index is -1.08. The number of nitrogens with one attached hydrogen (secondary N) is 1. The van der Waals surface area contributed by atoms with Gasteiger partial charge in [-0.3, -0.25) is 4.79 Å². The molecule has 1 amide bonds. The van der Waals surface area contributed by atoms with Gasteiger partial charge in [-0.15, -0.1) is 0 Å². The van der Waals surface area contributed by atoms with Crippen LogP contribution in [0.5, 0.6) is 0 Å². The topological polar surface area (TPSA) is 66.4 Å². The van der Waals surface area contributed by atoms with E-state index in [1.54, 1.807) is 13.0 Å². The van der Waals surface area contributed by atoms with Crippen LogP contribution in [0.4, 0.5) is 4.39 Å². The molecule has 0 radical (unpaired) electrons. The molecule has 0 fully saturated rings. The van der Waals surface area contributed by atoms with E-state index < -0.39 is 23.7 Å². The summed E-state index contributed by atoms with van der Waals surface area (Å²) in [5.74, 6) is -2.30. The second-order valence-electron chi connectivity index (χ2n) is 4.71. The van der Waals surface area contributed by atoms with Gasteiger partial charge in [-0.05, 0) is 30.2 Å².